The highest BCUT2D eigenvalue weighted by Gasteiger charge is 2.32. The van der Waals surface area contributed by atoms with Gasteiger partial charge < -0.3 is 15.6 Å². The van der Waals surface area contributed by atoms with Crippen LogP contribution in [0.1, 0.15) is 53.3 Å². The zero-order valence-corrected chi connectivity index (χ0v) is 22.7. The van der Waals surface area contributed by atoms with Crippen LogP contribution in [0.15, 0.2) is 126 Å². The van der Waals surface area contributed by atoms with E-state index in [1.165, 1.54) is 61.3 Å². The molecule has 4 atom stereocenters. The summed E-state index contributed by atoms with van der Waals surface area (Å²) in [6.45, 7) is 3.24. The predicted octanol–water partition coefficient (Wildman–Crippen LogP) is 7.99. The number of nitrogens with one attached hydrogen (secondary N) is 3. The second-order valence-electron chi connectivity index (χ2n) is 11.5. The number of dihydropyridines is 2. The topological polar surface area (TPSA) is 39.9 Å². The van der Waals surface area contributed by atoms with Gasteiger partial charge in [0.25, 0.3) is 0 Å². The van der Waals surface area contributed by atoms with Gasteiger partial charge in [0.1, 0.15) is 0 Å². The molecule has 3 nitrogen and oxygen atoms in total. The SMILES string of the molecule is CC1=C(c2ccc3[nH]c4c(c3c2)C(c2ccc(C3C=CC=CN3)cc2)CC=C4)C=CC2C=CC3=C(NCC=C3)C12. The molecular weight excluding hydrogens is 486 g/mol. The van der Waals surface area contributed by atoms with Crippen molar-refractivity contribution in [3.8, 4) is 0 Å². The van der Waals surface area contributed by atoms with E-state index in [1.807, 2.05) is 12.3 Å². The van der Waals surface area contributed by atoms with Crippen LogP contribution >= 0.6 is 0 Å². The highest BCUT2D eigenvalue weighted by atomic mass is 14.9. The number of H-pyrrole nitrogens is 1. The lowest BCUT2D eigenvalue weighted by Crippen LogP contribution is -2.32. The molecular formula is C37H33N3. The lowest BCUT2D eigenvalue weighted by atomic mass is 9.72. The third-order valence-electron chi connectivity index (χ3n) is 9.26. The van der Waals surface area contributed by atoms with Crippen LogP contribution in [0.5, 0.6) is 0 Å². The molecule has 0 bridgehead atoms. The molecule has 0 saturated heterocycles. The number of hydrogen-bond acceptors (Lipinski definition) is 2. The zero-order chi connectivity index (χ0) is 26.6. The van der Waals surface area contributed by atoms with Crippen molar-refractivity contribution in [2.24, 2.45) is 11.8 Å². The number of fused-ring (bicyclic) bond motifs is 5. The number of benzene rings is 2. The van der Waals surface area contributed by atoms with Gasteiger partial charge >= 0.3 is 0 Å². The van der Waals surface area contributed by atoms with Crippen molar-refractivity contribution in [1.82, 2.24) is 15.6 Å². The van der Waals surface area contributed by atoms with Crippen molar-refractivity contribution in [2.75, 3.05) is 6.54 Å². The largest absolute Gasteiger partial charge is 0.384 e. The summed E-state index contributed by atoms with van der Waals surface area (Å²) in [6, 6.07) is 16.4. The molecule has 0 radical (unpaired) electrons. The van der Waals surface area contributed by atoms with Gasteiger partial charge in [-0.1, -0.05) is 90.6 Å². The van der Waals surface area contributed by atoms with E-state index in [1.54, 1.807) is 0 Å². The van der Waals surface area contributed by atoms with Crippen LogP contribution in [0.3, 0.4) is 0 Å². The lowest BCUT2D eigenvalue weighted by molar-refractivity contribution is 0.545. The first kappa shape index (κ1) is 23.4. The number of aromatic nitrogens is 1. The molecule has 196 valence electrons. The summed E-state index contributed by atoms with van der Waals surface area (Å²) >= 11 is 0. The van der Waals surface area contributed by atoms with E-state index in [4.69, 9.17) is 0 Å². The normalized spacial score (nSPS) is 26.0. The smallest absolute Gasteiger partial charge is 0.0695 e. The number of hydrogen-bond donors (Lipinski definition) is 3. The third-order valence-corrected chi connectivity index (χ3v) is 9.26. The summed E-state index contributed by atoms with van der Waals surface area (Å²) < 4.78 is 0. The van der Waals surface area contributed by atoms with Crippen molar-refractivity contribution in [1.29, 1.82) is 0 Å². The maximum atomic E-state index is 3.72. The monoisotopic (exact) mass is 519 g/mol. The predicted molar refractivity (Wildman–Crippen MR) is 166 cm³/mol. The Hall–Kier alpha value is -4.50. The molecule has 0 saturated carbocycles. The summed E-state index contributed by atoms with van der Waals surface area (Å²) in [6.07, 6.45) is 27.8. The maximum Gasteiger partial charge on any atom is 0.0695 e. The number of aromatic amines is 1. The minimum atomic E-state index is 0.238. The fourth-order valence-corrected chi connectivity index (χ4v) is 7.25. The van der Waals surface area contributed by atoms with Crippen LogP contribution in [0.25, 0.3) is 22.6 Å². The Morgan fingerprint density at radius 3 is 2.58 bits per heavy atom. The molecule has 3 heterocycles. The molecule has 1 aromatic heterocycles. The Bertz CT molecular complexity index is 1760. The number of allylic oxidation sites excluding steroid dienone is 11. The van der Waals surface area contributed by atoms with Crippen molar-refractivity contribution >= 4 is 22.6 Å². The summed E-state index contributed by atoms with van der Waals surface area (Å²) in [4.78, 5) is 3.72. The van der Waals surface area contributed by atoms with Crippen molar-refractivity contribution in [3.05, 3.63) is 154 Å². The minimum absolute atomic E-state index is 0.238. The molecule has 0 spiro atoms. The molecule has 0 fully saturated rings. The standard InChI is InChI=1S/C37H33N3/c1-23-29(18-16-26-14-15-27-6-5-21-39-37(27)35(23)26)28-17-19-33-31(22-28)36-30(7-4-9-34(36)40-33)24-10-12-25(13-11-24)32-8-2-3-20-38-32/h2-6,8-20,22,26,30,32,35,38-40H,7,21H2,1H3. The molecule has 2 aliphatic heterocycles. The van der Waals surface area contributed by atoms with Gasteiger partial charge in [-0.25, -0.2) is 0 Å². The summed E-state index contributed by atoms with van der Waals surface area (Å²) in [5, 5.41) is 8.46. The quantitative estimate of drug-likeness (QED) is 0.328. The average Bonchev–Trinajstić information content (AvgIpc) is 3.40. The van der Waals surface area contributed by atoms with Crippen LogP contribution in [-0.4, -0.2) is 11.5 Å². The van der Waals surface area contributed by atoms with E-state index < -0.39 is 0 Å². The van der Waals surface area contributed by atoms with E-state index in [-0.39, 0.29) is 6.04 Å². The van der Waals surface area contributed by atoms with E-state index in [0.717, 1.165) is 13.0 Å². The van der Waals surface area contributed by atoms with Gasteiger partial charge in [0.15, 0.2) is 0 Å². The van der Waals surface area contributed by atoms with Gasteiger partial charge in [-0.3, -0.25) is 0 Å². The summed E-state index contributed by atoms with van der Waals surface area (Å²) in [5.74, 6) is 1.13. The Kier molecular flexibility index (Phi) is 5.44. The fraction of sp³-hybridized carbons (Fsp3) is 0.189. The summed E-state index contributed by atoms with van der Waals surface area (Å²) in [7, 11) is 0. The zero-order valence-electron chi connectivity index (χ0n) is 22.7. The van der Waals surface area contributed by atoms with Crippen molar-refractivity contribution < 1.29 is 0 Å². The average molecular weight is 520 g/mol. The first-order valence-electron chi connectivity index (χ1n) is 14.5. The fourth-order valence-electron chi connectivity index (χ4n) is 7.25. The molecule has 40 heavy (non-hydrogen) atoms. The van der Waals surface area contributed by atoms with E-state index in [0.29, 0.717) is 17.8 Å². The Morgan fingerprint density at radius 2 is 1.70 bits per heavy atom. The minimum Gasteiger partial charge on any atom is -0.384 e. The molecule has 2 aromatic carbocycles. The van der Waals surface area contributed by atoms with E-state index in [9.17, 15) is 0 Å². The second kappa shape index (κ2) is 9.31. The molecule has 3 aromatic rings. The van der Waals surface area contributed by atoms with Crippen LogP contribution in [-0.2, 0) is 0 Å². The van der Waals surface area contributed by atoms with Crippen LogP contribution in [0.4, 0.5) is 0 Å². The van der Waals surface area contributed by atoms with Crippen molar-refractivity contribution in [3.63, 3.8) is 0 Å². The van der Waals surface area contributed by atoms with Gasteiger partial charge in [0, 0.05) is 46.6 Å². The van der Waals surface area contributed by atoms with Gasteiger partial charge in [0.2, 0.25) is 0 Å². The molecule has 8 rings (SSSR count). The third kappa shape index (κ3) is 3.72. The molecule has 4 unspecified atom stereocenters. The Labute approximate surface area is 235 Å². The Balaban J connectivity index is 1.18. The highest BCUT2D eigenvalue weighted by molar-refractivity contribution is 5.93. The lowest BCUT2D eigenvalue weighted by Gasteiger charge is -2.36. The summed E-state index contributed by atoms with van der Waals surface area (Å²) in [5.41, 5.74) is 13.3. The van der Waals surface area contributed by atoms with Gasteiger partial charge in [-0.2, -0.15) is 0 Å². The Morgan fingerprint density at radius 1 is 0.825 bits per heavy atom. The van der Waals surface area contributed by atoms with Gasteiger partial charge in [-0.05, 0) is 77.2 Å². The van der Waals surface area contributed by atoms with Crippen LogP contribution < -0.4 is 10.6 Å². The second-order valence-corrected chi connectivity index (χ2v) is 11.5. The van der Waals surface area contributed by atoms with E-state index >= 15 is 0 Å². The van der Waals surface area contributed by atoms with E-state index in [2.05, 4.69) is 126 Å². The van der Waals surface area contributed by atoms with Crippen LogP contribution in [0.2, 0.25) is 0 Å². The van der Waals surface area contributed by atoms with Gasteiger partial charge in [-0.15, -0.1) is 0 Å². The maximum absolute atomic E-state index is 3.72. The molecule has 3 N–H and O–H groups in total. The first-order valence-corrected chi connectivity index (χ1v) is 14.5. The van der Waals surface area contributed by atoms with Crippen LogP contribution in [0, 0.1) is 11.8 Å². The molecule has 3 aliphatic carbocycles. The highest BCUT2D eigenvalue weighted by Crippen LogP contribution is 2.45. The number of rotatable bonds is 3. The molecule has 5 aliphatic rings. The molecule has 3 heteroatoms. The molecule has 0 amide bonds. The van der Waals surface area contributed by atoms with Gasteiger partial charge in [0.05, 0.1) is 6.04 Å². The van der Waals surface area contributed by atoms with Crippen molar-refractivity contribution in [2.45, 2.75) is 25.3 Å². The first-order chi connectivity index (χ1) is 19.7.